The molecule has 0 aromatic heterocycles. The van der Waals surface area contributed by atoms with Gasteiger partial charge in [-0.25, -0.2) is 4.79 Å². The van der Waals surface area contributed by atoms with Crippen molar-refractivity contribution < 1.29 is 34.7 Å². The molecule has 0 unspecified atom stereocenters. The van der Waals surface area contributed by atoms with Gasteiger partial charge in [0, 0.05) is 28.8 Å². The molecule has 3 aliphatic carbocycles. The Hall–Kier alpha value is -4.49. The van der Waals surface area contributed by atoms with Crippen molar-refractivity contribution in [1.82, 2.24) is 0 Å². The molecular weight excluding hydrogens is 568 g/mol. The number of ether oxygens (including phenoxy) is 2. The van der Waals surface area contributed by atoms with Crippen molar-refractivity contribution in [2.75, 3.05) is 0 Å². The maximum Gasteiger partial charge on any atom is 0.340 e. The first-order valence-electron chi connectivity index (χ1n) is 15.9. The number of aromatic hydroxyl groups is 3. The second-order valence-electron chi connectivity index (χ2n) is 13.5. The largest absolute Gasteiger partial charge is 0.508 e. The molecule has 45 heavy (non-hydrogen) atoms. The van der Waals surface area contributed by atoms with E-state index in [1.165, 1.54) is 54.7 Å². The van der Waals surface area contributed by atoms with Crippen LogP contribution < -0.4 is 4.74 Å². The third-order valence-corrected chi connectivity index (χ3v) is 11.3. The number of carbonyl (C=O) groups is 1. The van der Waals surface area contributed by atoms with Gasteiger partial charge < -0.3 is 29.9 Å². The Balaban J connectivity index is 0.000000137. The van der Waals surface area contributed by atoms with Crippen LogP contribution in [0.1, 0.15) is 83.1 Å². The maximum atomic E-state index is 12.5. The predicted molar refractivity (Wildman–Crippen MR) is 167 cm³/mol. The normalized spacial score (nSPS) is 27.7. The number of phenolic OH excluding ortho intramolecular Hbond substituents is 3. The molecule has 0 saturated heterocycles. The second-order valence-corrected chi connectivity index (χ2v) is 13.5. The number of carbonyl (C=O) groups excluding carboxylic acids is 1. The minimum atomic E-state index is -1.17. The van der Waals surface area contributed by atoms with E-state index in [-0.39, 0.29) is 23.0 Å². The minimum Gasteiger partial charge on any atom is -0.508 e. The van der Waals surface area contributed by atoms with E-state index in [1.807, 2.05) is 24.3 Å². The first-order chi connectivity index (χ1) is 21.7. The molecule has 0 radical (unpaired) electrons. The van der Waals surface area contributed by atoms with E-state index in [0.717, 1.165) is 25.2 Å². The molecule has 4 aromatic carbocycles. The summed E-state index contributed by atoms with van der Waals surface area (Å²) in [6, 6.07) is 22.5. The lowest BCUT2D eigenvalue weighted by atomic mass is 9.55. The zero-order valence-corrected chi connectivity index (χ0v) is 25.1. The summed E-state index contributed by atoms with van der Waals surface area (Å²) in [5.74, 6) is 2.90. The smallest absolute Gasteiger partial charge is 0.340 e. The average molecular weight is 605 g/mol. The Bertz CT molecular complexity index is 1790. The number of phenols is 3. The number of fused-ring (bicyclic) bond motifs is 11. The first-order valence-corrected chi connectivity index (χ1v) is 15.9. The monoisotopic (exact) mass is 604 g/mol. The Morgan fingerprint density at radius 3 is 2.16 bits per heavy atom. The number of benzene rings is 4. The summed E-state index contributed by atoms with van der Waals surface area (Å²) in [5, 5.41) is 39.7. The van der Waals surface area contributed by atoms with Gasteiger partial charge in [0.2, 0.25) is 0 Å². The summed E-state index contributed by atoms with van der Waals surface area (Å²) in [4.78, 5) is 12.5. The quantitative estimate of drug-likeness (QED) is 0.156. The molecule has 2 saturated carbocycles. The lowest BCUT2D eigenvalue weighted by molar-refractivity contribution is -0.0226. The highest BCUT2D eigenvalue weighted by molar-refractivity contribution is 5.97. The van der Waals surface area contributed by atoms with Crippen LogP contribution in [0, 0.1) is 17.3 Å². The van der Waals surface area contributed by atoms with Crippen LogP contribution in [-0.2, 0) is 16.8 Å². The van der Waals surface area contributed by atoms with Crippen LogP contribution in [0.15, 0.2) is 78.9 Å². The van der Waals surface area contributed by atoms with E-state index in [4.69, 9.17) is 9.47 Å². The highest BCUT2D eigenvalue weighted by Gasteiger charge is 2.55. The summed E-state index contributed by atoms with van der Waals surface area (Å²) in [6.07, 6.45) is 6.78. The summed E-state index contributed by atoms with van der Waals surface area (Å²) in [6.45, 7) is 2.32. The van der Waals surface area contributed by atoms with E-state index in [9.17, 15) is 25.2 Å². The van der Waals surface area contributed by atoms with E-state index >= 15 is 0 Å². The molecule has 230 valence electrons. The number of hydrogen-bond acceptors (Lipinski definition) is 7. The zero-order chi connectivity index (χ0) is 31.1. The summed E-state index contributed by atoms with van der Waals surface area (Å²) >= 11 is 0. The fourth-order valence-corrected chi connectivity index (χ4v) is 9.19. The molecule has 0 amide bonds. The second kappa shape index (κ2) is 10.0. The lowest BCUT2D eigenvalue weighted by Gasteiger charge is -2.50. The molecule has 4 aromatic rings. The van der Waals surface area contributed by atoms with Crippen LogP contribution in [0.2, 0.25) is 0 Å². The lowest BCUT2D eigenvalue weighted by Crippen LogP contribution is -2.43. The van der Waals surface area contributed by atoms with Crippen molar-refractivity contribution in [3.8, 4) is 28.7 Å². The Labute approximate surface area is 261 Å². The summed E-state index contributed by atoms with van der Waals surface area (Å²) in [5.41, 5.74) is 4.28. The molecule has 2 heterocycles. The summed E-state index contributed by atoms with van der Waals surface area (Å²) < 4.78 is 11.8. The molecular formula is C38H36O7. The first kappa shape index (κ1) is 28.0. The van der Waals surface area contributed by atoms with Gasteiger partial charge in [0.1, 0.15) is 28.7 Å². The number of aliphatic hydroxyl groups is 1. The van der Waals surface area contributed by atoms with Gasteiger partial charge in [0.05, 0.1) is 11.7 Å². The van der Waals surface area contributed by atoms with Gasteiger partial charge in [-0.2, -0.15) is 0 Å². The van der Waals surface area contributed by atoms with Crippen molar-refractivity contribution in [1.29, 1.82) is 0 Å². The molecule has 0 bridgehead atoms. The number of rotatable bonds is 0. The molecule has 5 aliphatic rings. The van der Waals surface area contributed by atoms with Gasteiger partial charge in [0.25, 0.3) is 0 Å². The number of esters is 1. The molecule has 7 nitrogen and oxygen atoms in total. The SMILES string of the molecule is C[C@]12CC[C@@H]3c4ccc(O)cc4CC[C@H]3[C@@H]1CC[C@@H]2O.O=C1OC2(c3ccc(O)cc3Oc3cc(O)ccc32)c2ccccc21. The maximum absolute atomic E-state index is 12.5. The zero-order valence-electron chi connectivity index (χ0n) is 25.1. The standard InChI is InChI=1S/C20H12O5.C18H24O2/c21-11-5-7-15-17(9-11)24-18-10-12(22)6-8-16(18)20(15)14-4-2-1-3-13(14)19(23)25-20;1-18-9-8-14-13-5-3-12(19)10-11(13)2-4-15(14)16(18)6-7-17(18)20/h1-10,21-22H;3,5,10,14-17,19-20H,2,4,6-9H2,1H3/t;14-,15-,16+,17+,18+/m.1/s1. The topological polar surface area (TPSA) is 116 Å². The van der Waals surface area contributed by atoms with Crippen molar-refractivity contribution >= 4 is 5.97 Å². The van der Waals surface area contributed by atoms with Crippen LogP contribution in [0.25, 0.3) is 0 Å². The molecule has 7 heteroatoms. The highest BCUT2D eigenvalue weighted by Crippen LogP contribution is 2.61. The van der Waals surface area contributed by atoms with E-state index in [0.29, 0.717) is 51.3 Å². The van der Waals surface area contributed by atoms with Gasteiger partial charge in [0.15, 0.2) is 5.60 Å². The van der Waals surface area contributed by atoms with Crippen molar-refractivity contribution in [3.63, 3.8) is 0 Å². The van der Waals surface area contributed by atoms with Crippen LogP contribution in [0.3, 0.4) is 0 Å². The predicted octanol–water partition coefficient (Wildman–Crippen LogP) is 7.28. The highest BCUT2D eigenvalue weighted by atomic mass is 16.6. The van der Waals surface area contributed by atoms with Gasteiger partial charge in [-0.3, -0.25) is 0 Å². The van der Waals surface area contributed by atoms with Crippen LogP contribution in [0.5, 0.6) is 28.7 Å². The molecule has 9 rings (SSSR count). The fraction of sp³-hybridized carbons (Fsp3) is 0.342. The van der Waals surface area contributed by atoms with Crippen LogP contribution in [0.4, 0.5) is 0 Å². The average Bonchev–Trinajstić information content (AvgIpc) is 3.50. The number of aliphatic hydroxyl groups excluding tert-OH is 1. The van der Waals surface area contributed by atoms with Gasteiger partial charge in [-0.1, -0.05) is 31.2 Å². The third kappa shape index (κ3) is 4.10. The Kier molecular flexibility index (Phi) is 6.23. The van der Waals surface area contributed by atoms with E-state index < -0.39 is 11.6 Å². The molecule has 1 spiro atoms. The molecule has 4 N–H and O–H groups in total. The van der Waals surface area contributed by atoms with Crippen molar-refractivity contribution in [2.45, 2.75) is 63.1 Å². The van der Waals surface area contributed by atoms with Gasteiger partial charge >= 0.3 is 5.97 Å². The van der Waals surface area contributed by atoms with Crippen molar-refractivity contribution in [3.05, 3.63) is 112 Å². The third-order valence-electron chi connectivity index (χ3n) is 11.3. The number of hydrogen-bond donors (Lipinski definition) is 4. The van der Waals surface area contributed by atoms with Gasteiger partial charge in [-0.05, 0) is 115 Å². The fourth-order valence-electron chi connectivity index (χ4n) is 9.19. The van der Waals surface area contributed by atoms with Crippen LogP contribution >= 0.6 is 0 Å². The number of aryl methyl sites for hydroxylation is 1. The molecule has 2 aliphatic heterocycles. The Morgan fingerprint density at radius 1 is 0.756 bits per heavy atom. The van der Waals surface area contributed by atoms with E-state index in [2.05, 4.69) is 13.0 Å². The van der Waals surface area contributed by atoms with Crippen LogP contribution in [-0.4, -0.2) is 32.5 Å². The van der Waals surface area contributed by atoms with E-state index in [1.54, 1.807) is 24.3 Å². The summed E-state index contributed by atoms with van der Waals surface area (Å²) in [7, 11) is 0. The van der Waals surface area contributed by atoms with Crippen molar-refractivity contribution in [2.24, 2.45) is 17.3 Å². The minimum absolute atomic E-state index is 0.0371. The molecule has 5 atom stereocenters. The molecule has 2 fully saturated rings. The van der Waals surface area contributed by atoms with Gasteiger partial charge in [-0.15, -0.1) is 0 Å². The Morgan fingerprint density at radius 2 is 1.42 bits per heavy atom.